The molecular formula is C16H20N6O2S. The number of hydrogen-bond acceptors (Lipinski definition) is 6. The maximum atomic E-state index is 12.2. The van der Waals surface area contributed by atoms with Crippen LogP contribution in [-0.4, -0.2) is 46.1 Å². The monoisotopic (exact) mass is 360 g/mol. The molecule has 1 aliphatic rings. The molecule has 0 amide bonds. The molecule has 4 N–H and O–H groups in total. The summed E-state index contributed by atoms with van der Waals surface area (Å²) in [4.78, 5) is 9.04. The molecule has 1 aliphatic heterocycles. The van der Waals surface area contributed by atoms with E-state index in [1.807, 2.05) is 28.8 Å². The van der Waals surface area contributed by atoms with Crippen LogP contribution >= 0.6 is 0 Å². The summed E-state index contributed by atoms with van der Waals surface area (Å²) in [5.74, 6) is 1.18. The number of nitrogens with zero attached hydrogens (tertiary/aromatic N) is 4. The number of nitrogen functional groups attached to an aromatic ring is 1. The van der Waals surface area contributed by atoms with Gasteiger partial charge in [0.15, 0.2) is 5.82 Å². The van der Waals surface area contributed by atoms with Crippen LogP contribution in [0.3, 0.4) is 0 Å². The topological polar surface area (TPSA) is 120 Å². The van der Waals surface area contributed by atoms with E-state index in [9.17, 15) is 8.42 Å². The lowest BCUT2D eigenvalue weighted by atomic mass is 10.2. The molecule has 8 nitrogen and oxygen atoms in total. The van der Waals surface area contributed by atoms with Crippen LogP contribution in [0.15, 0.2) is 24.3 Å². The first kappa shape index (κ1) is 16.2. The number of fused-ring (bicyclic) bond motifs is 3. The van der Waals surface area contributed by atoms with Crippen LogP contribution in [0.4, 0.5) is 5.82 Å². The predicted molar refractivity (Wildman–Crippen MR) is 97.3 cm³/mol. The van der Waals surface area contributed by atoms with Gasteiger partial charge in [0.2, 0.25) is 10.0 Å². The maximum absolute atomic E-state index is 12.2. The third-order valence-electron chi connectivity index (χ3n) is 4.56. The summed E-state index contributed by atoms with van der Waals surface area (Å²) in [6.07, 6.45) is 0.645. The molecule has 0 spiro atoms. The predicted octanol–water partition coefficient (Wildman–Crippen LogP) is 0.661. The lowest BCUT2D eigenvalue weighted by Gasteiger charge is -2.15. The lowest BCUT2D eigenvalue weighted by Crippen LogP contribution is -2.27. The van der Waals surface area contributed by atoms with Gasteiger partial charge in [-0.3, -0.25) is 0 Å². The highest BCUT2D eigenvalue weighted by molar-refractivity contribution is 7.89. The minimum Gasteiger partial charge on any atom is -0.382 e. The third-order valence-corrected chi connectivity index (χ3v) is 6.47. The van der Waals surface area contributed by atoms with Gasteiger partial charge in [-0.25, -0.2) is 18.4 Å². The Labute approximate surface area is 145 Å². The zero-order valence-electron chi connectivity index (χ0n) is 13.7. The molecule has 1 aromatic carbocycles. The SMILES string of the molecule is NCCn1c(CN2CCCS2(=O)=O)nc2c(N)nc3ccccc3c21. The molecule has 0 aliphatic carbocycles. The number of benzene rings is 1. The molecule has 25 heavy (non-hydrogen) atoms. The Bertz CT molecular complexity index is 1060. The Hall–Kier alpha value is -2.23. The van der Waals surface area contributed by atoms with Crippen molar-refractivity contribution in [3.8, 4) is 0 Å². The molecule has 0 bridgehead atoms. The molecule has 1 fully saturated rings. The number of pyridine rings is 1. The van der Waals surface area contributed by atoms with Crippen LogP contribution in [-0.2, 0) is 23.1 Å². The second-order valence-corrected chi connectivity index (χ2v) is 8.27. The van der Waals surface area contributed by atoms with Gasteiger partial charge in [-0.1, -0.05) is 18.2 Å². The standard InChI is InChI=1S/C16H20N6O2S/c17-6-8-22-13(10-21-7-3-9-25(21,23)24)20-14-15(22)11-4-1-2-5-12(11)19-16(14)18/h1-2,4-5H,3,6-10,17H2,(H2,18,19). The third kappa shape index (κ3) is 2.64. The number of hydrogen-bond donors (Lipinski definition) is 2. The Morgan fingerprint density at radius 1 is 1.20 bits per heavy atom. The average Bonchev–Trinajstić information content (AvgIpc) is 3.10. The molecule has 2 aromatic heterocycles. The van der Waals surface area contributed by atoms with E-state index >= 15 is 0 Å². The summed E-state index contributed by atoms with van der Waals surface area (Å²) < 4.78 is 27.8. The van der Waals surface area contributed by atoms with Crippen LogP contribution in [0.2, 0.25) is 0 Å². The molecule has 3 heterocycles. The van der Waals surface area contributed by atoms with E-state index in [0.29, 0.717) is 43.2 Å². The Morgan fingerprint density at radius 3 is 2.72 bits per heavy atom. The van der Waals surface area contributed by atoms with Crippen molar-refractivity contribution in [2.45, 2.75) is 19.5 Å². The second-order valence-electron chi connectivity index (χ2n) is 6.18. The number of aromatic nitrogens is 3. The highest BCUT2D eigenvalue weighted by Crippen LogP contribution is 2.29. The number of nitrogens with two attached hydrogens (primary N) is 2. The van der Waals surface area contributed by atoms with Gasteiger partial charge in [0.05, 0.1) is 23.3 Å². The second kappa shape index (κ2) is 5.94. The summed E-state index contributed by atoms with van der Waals surface area (Å²) in [5.41, 5.74) is 14.1. The smallest absolute Gasteiger partial charge is 0.214 e. The van der Waals surface area contributed by atoms with E-state index in [-0.39, 0.29) is 12.3 Å². The molecule has 9 heteroatoms. The number of anilines is 1. The molecule has 1 saturated heterocycles. The summed E-state index contributed by atoms with van der Waals surface area (Å²) in [5, 5.41) is 0.933. The van der Waals surface area contributed by atoms with E-state index in [1.54, 1.807) is 0 Å². The van der Waals surface area contributed by atoms with E-state index in [2.05, 4.69) is 9.97 Å². The van der Waals surface area contributed by atoms with Crippen molar-refractivity contribution in [2.24, 2.45) is 5.73 Å². The van der Waals surface area contributed by atoms with Gasteiger partial charge in [0, 0.05) is 25.0 Å². The Kier molecular flexibility index (Phi) is 3.86. The van der Waals surface area contributed by atoms with Crippen LogP contribution < -0.4 is 11.5 Å². The van der Waals surface area contributed by atoms with E-state index < -0.39 is 10.0 Å². The normalized spacial score (nSPS) is 17.6. The fourth-order valence-electron chi connectivity index (χ4n) is 3.42. The molecule has 0 saturated carbocycles. The van der Waals surface area contributed by atoms with Crippen molar-refractivity contribution in [3.05, 3.63) is 30.1 Å². The number of rotatable bonds is 4. The van der Waals surface area contributed by atoms with E-state index in [1.165, 1.54) is 4.31 Å². The van der Waals surface area contributed by atoms with Crippen molar-refractivity contribution in [1.82, 2.24) is 18.8 Å². The van der Waals surface area contributed by atoms with Crippen molar-refractivity contribution in [1.29, 1.82) is 0 Å². The molecular weight excluding hydrogens is 340 g/mol. The molecule has 0 radical (unpaired) electrons. The minimum absolute atomic E-state index is 0.191. The van der Waals surface area contributed by atoms with Gasteiger partial charge in [-0.05, 0) is 12.5 Å². The number of sulfonamides is 1. The average molecular weight is 360 g/mol. The minimum atomic E-state index is -3.21. The quantitative estimate of drug-likeness (QED) is 0.705. The van der Waals surface area contributed by atoms with Crippen molar-refractivity contribution in [3.63, 3.8) is 0 Å². The van der Waals surface area contributed by atoms with Crippen LogP contribution in [0, 0.1) is 0 Å². The zero-order valence-corrected chi connectivity index (χ0v) is 14.5. The summed E-state index contributed by atoms with van der Waals surface area (Å²) in [6.45, 7) is 1.70. The first-order chi connectivity index (χ1) is 12.0. The van der Waals surface area contributed by atoms with Crippen molar-refractivity contribution >= 4 is 37.8 Å². The molecule has 0 atom stereocenters. The van der Waals surface area contributed by atoms with Crippen molar-refractivity contribution < 1.29 is 8.42 Å². The van der Waals surface area contributed by atoms with E-state index in [4.69, 9.17) is 11.5 Å². The number of imidazole rings is 1. The molecule has 4 rings (SSSR count). The van der Waals surface area contributed by atoms with Gasteiger partial charge >= 0.3 is 0 Å². The molecule has 3 aromatic rings. The fourth-order valence-corrected chi connectivity index (χ4v) is 4.89. The highest BCUT2D eigenvalue weighted by Gasteiger charge is 2.30. The maximum Gasteiger partial charge on any atom is 0.214 e. The fraction of sp³-hybridized carbons (Fsp3) is 0.375. The highest BCUT2D eigenvalue weighted by atomic mass is 32.2. The first-order valence-corrected chi connectivity index (χ1v) is 9.83. The number of para-hydroxylation sites is 1. The van der Waals surface area contributed by atoms with Gasteiger partial charge < -0.3 is 16.0 Å². The first-order valence-electron chi connectivity index (χ1n) is 8.22. The van der Waals surface area contributed by atoms with Crippen LogP contribution in [0.1, 0.15) is 12.2 Å². The molecule has 0 unspecified atom stereocenters. The lowest BCUT2D eigenvalue weighted by molar-refractivity contribution is 0.421. The van der Waals surface area contributed by atoms with E-state index in [0.717, 1.165) is 16.4 Å². The zero-order chi connectivity index (χ0) is 17.6. The molecule has 132 valence electrons. The summed E-state index contributed by atoms with van der Waals surface area (Å²) in [6, 6.07) is 7.71. The van der Waals surface area contributed by atoms with Gasteiger partial charge in [0.1, 0.15) is 11.3 Å². The summed E-state index contributed by atoms with van der Waals surface area (Å²) in [7, 11) is -3.21. The Balaban J connectivity index is 1.94. The van der Waals surface area contributed by atoms with Crippen LogP contribution in [0.5, 0.6) is 0 Å². The van der Waals surface area contributed by atoms with Gasteiger partial charge in [-0.15, -0.1) is 0 Å². The van der Waals surface area contributed by atoms with Gasteiger partial charge in [-0.2, -0.15) is 4.31 Å². The van der Waals surface area contributed by atoms with Gasteiger partial charge in [0.25, 0.3) is 0 Å². The van der Waals surface area contributed by atoms with Crippen LogP contribution in [0.25, 0.3) is 21.9 Å². The van der Waals surface area contributed by atoms with Crippen molar-refractivity contribution in [2.75, 3.05) is 24.6 Å². The summed E-state index contributed by atoms with van der Waals surface area (Å²) >= 11 is 0. The Morgan fingerprint density at radius 2 is 2.00 bits per heavy atom. The largest absolute Gasteiger partial charge is 0.382 e.